The van der Waals surface area contributed by atoms with Gasteiger partial charge in [-0.15, -0.1) is 0 Å². The molecule has 1 fully saturated rings. The highest BCUT2D eigenvalue weighted by molar-refractivity contribution is 5.85. The van der Waals surface area contributed by atoms with E-state index in [9.17, 15) is 4.79 Å². The standard InChI is InChI=1S/C22H26N8O/c1-29(2)21(31)18-9-5-11-30(18)22-24-16-8-3-7-15(16)20(26-22)25-19-12-17(27-28-19)14-6-4-10-23-13-14/h4,6,10,12-13,18H,3,5,7-9,11H2,1-2H3,(H2,24,25,26,27,28)/t18-/m1/s1. The predicted octanol–water partition coefficient (Wildman–Crippen LogP) is 2.55. The highest BCUT2D eigenvalue weighted by atomic mass is 16.2. The Morgan fingerprint density at radius 1 is 1.26 bits per heavy atom. The molecule has 0 saturated carbocycles. The minimum absolute atomic E-state index is 0.101. The Morgan fingerprint density at radius 3 is 2.97 bits per heavy atom. The van der Waals surface area contributed by atoms with Crippen molar-refractivity contribution in [3.05, 3.63) is 41.9 Å². The zero-order valence-electron chi connectivity index (χ0n) is 17.8. The first kappa shape index (κ1) is 19.5. The van der Waals surface area contributed by atoms with Crippen LogP contribution < -0.4 is 10.2 Å². The molecular formula is C22H26N8O. The van der Waals surface area contributed by atoms with Crippen LogP contribution in [0.3, 0.4) is 0 Å². The molecule has 3 aromatic rings. The summed E-state index contributed by atoms with van der Waals surface area (Å²) in [5, 5.41) is 10.9. The van der Waals surface area contributed by atoms with Crippen LogP contribution >= 0.6 is 0 Å². The number of nitrogens with zero attached hydrogens (tertiary/aromatic N) is 6. The van der Waals surface area contributed by atoms with Crippen LogP contribution in [0.5, 0.6) is 0 Å². The fourth-order valence-electron chi connectivity index (χ4n) is 4.39. The van der Waals surface area contributed by atoms with E-state index >= 15 is 0 Å². The third-order valence-corrected chi connectivity index (χ3v) is 5.95. The van der Waals surface area contributed by atoms with E-state index in [2.05, 4.69) is 25.4 Å². The lowest BCUT2D eigenvalue weighted by atomic mass is 10.2. The molecule has 31 heavy (non-hydrogen) atoms. The fourth-order valence-corrected chi connectivity index (χ4v) is 4.39. The normalized spacial score (nSPS) is 17.6. The molecule has 0 radical (unpaired) electrons. The first-order valence-corrected chi connectivity index (χ1v) is 10.7. The quantitative estimate of drug-likeness (QED) is 0.656. The van der Waals surface area contributed by atoms with E-state index in [0.717, 1.165) is 67.0 Å². The van der Waals surface area contributed by atoms with E-state index in [1.54, 1.807) is 31.4 Å². The van der Waals surface area contributed by atoms with Gasteiger partial charge in [0.2, 0.25) is 11.9 Å². The number of carbonyl (C=O) groups is 1. The third-order valence-electron chi connectivity index (χ3n) is 5.95. The lowest BCUT2D eigenvalue weighted by Crippen LogP contribution is -2.43. The van der Waals surface area contributed by atoms with Crippen LogP contribution in [0.25, 0.3) is 11.3 Å². The van der Waals surface area contributed by atoms with Crippen LogP contribution in [0, 0.1) is 0 Å². The van der Waals surface area contributed by atoms with Crippen molar-refractivity contribution in [1.29, 1.82) is 0 Å². The van der Waals surface area contributed by atoms with E-state index in [4.69, 9.17) is 9.97 Å². The van der Waals surface area contributed by atoms with Crippen molar-refractivity contribution in [3.8, 4) is 11.3 Å². The summed E-state index contributed by atoms with van der Waals surface area (Å²) >= 11 is 0. The number of H-pyrrole nitrogens is 1. The Morgan fingerprint density at radius 2 is 2.16 bits per heavy atom. The molecule has 2 N–H and O–H groups in total. The summed E-state index contributed by atoms with van der Waals surface area (Å²) < 4.78 is 0. The molecule has 5 rings (SSSR count). The van der Waals surface area contributed by atoms with E-state index in [0.29, 0.717) is 11.8 Å². The van der Waals surface area contributed by atoms with Crippen molar-refractivity contribution in [3.63, 3.8) is 0 Å². The van der Waals surface area contributed by atoms with Gasteiger partial charge in [0.25, 0.3) is 0 Å². The van der Waals surface area contributed by atoms with Crippen molar-refractivity contribution >= 4 is 23.5 Å². The smallest absolute Gasteiger partial charge is 0.244 e. The van der Waals surface area contributed by atoms with E-state index < -0.39 is 0 Å². The Balaban J connectivity index is 1.45. The van der Waals surface area contributed by atoms with Crippen LogP contribution in [-0.4, -0.2) is 62.6 Å². The second-order valence-corrected chi connectivity index (χ2v) is 8.27. The number of aromatic nitrogens is 5. The fraction of sp³-hybridized carbons (Fsp3) is 0.409. The van der Waals surface area contributed by atoms with Gasteiger partial charge in [-0.3, -0.25) is 14.9 Å². The molecule has 2 aliphatic rings. The minimum atomic E-state index is -0.204. The number of likely N-dealkylation sites (N-methyl/N-ethyl adjacent to an activating group) is 1. The van der Waals surface area contributed by atoms with Gasteiger partial charge >= 0.3 is 0 Å². The van der Waals surface area contributed by atoms with Gasteiger partial charge in [-0.25, -0.2) is 4.98 Å². The molecule has 1 saturated heterocycles. The number of amides is 1. The maximum Gasteiger partial charge on any atom is 0.244 e. The molecular weight excluding hydrogens is 392 g/mol. The second-order valence-electron chi connectivity index (χ2n) is 8.27. The summed E-state index contributed by atoms with van der Waals surface area (Å²) in [6.07, 6.45) is 8.27. The van der Waals surface area contributed by atoms with Crippen molar-refractivity contribution < 1.29 is 4.79 Å². The van der Waals surface area contributed by atoms with Crippen molar-refractivity contribution in [2.24, 2.45) is 0 Å². The summed E-state index contributed by atoms with van der Waals surface area (Å²) in [5.41, 5.74) is 4.07. The number of rotatable bonds is 5. The maximum atomic E-state index is 12.7. The molecule has 0 bridgehead atoms. The number of fused-ring (bicyclic) bond motifs is 1. The number of nitrogens with one attached hydrogen (secondary N) is 2. The Kier molecular flexibility index (Phi) is 5.01. The van der Waals surface area contributed by atoms with Crippen LogP contribution in [-0.2, 0) is 17.6 Å². The van der Waals surface area contributed by atoms with E-state index in [1.165, 1.54) is 0 Å². The highest BCUT2D eigenvalue weighted by Gasteiger charge is 2.34. The monoisotopic (exact) mass is 418 g/mol. The van der Waals surface area contributed by atoms with Crippen molar-refractivity contribution in [2.45, 2.75) is 38.1 Å². The lowest BCUT2D eigenvalue weighted by Gasteiger charge is -2.27. The molecule has 1 amide bonds. The van der Waals surface area contributed by atoms with Crippen molar-refractivity contribution in [2.75, 3.05) is 30.9 Å². The number of hydrogen-bond acceptors (Lipinski definition) is 7. The Labute approximate surface area is 180 Å². The molecule has 3 aromatic heterocycles. The van der Waals surface area contributed by atoms with Gasteiger partial charge in [-0.2, -0.15) is 10.1 Å². The Bertz CT molecular complexity index is 1090. The van der Waals surface area contributed by atoms with Gasteiger partial charge in [-0.1, -0.05) is 0 Å². The maximum absolute atomic E-state index is 12.7. The lowest BCUT2D eigenvalue weighted by molar-refractivity contribution is -0.129. The number of aromatic amines is 1. The zero-order chi connectivity index (χ0) is 21.4. The largest absolute Gasteiger partial charge is 0.347 e. The second kappa shape index (κ2) is 7.98. The van der Waals surface area contributed by atoms with Crippen LogP contribution in [0.1, 0.15) is 30.5 Å². The first-order valence-electron chi connectivity index (χ1n) is 10.7. The van der Waals surface area contributed by atoms with Crippen LogP contribution in [0.2, 0.25) is 0 Å². The molecule has 160 valence electrons. The van der Waals surface area contributed by atoms with Gasteiger partial charge in [0.15, 0.2) is 5.82 Å². The number of aryl methyl sites for hydroxylation is 1. The van der Waals surface area contributed by atoms with Crippen molar-refractivity contribution in [1.82, 2.24) is 30.0 Å². The number of pyridine rings is 1. The summed E-state index contributed by atoms with van der Waals surface area (Å²) in [5.74, 6) is 2.21. The van der Waals surface area contributed by atoms with E-state index in [1.807, 2.05) is 18.2 Å². The minimum Gasteiger partial charge on any atom is -0.347 e. The average Bonchev–Trinajstić information content (AvgIpc) is 3.53. The molecule has 1 atom stereocenters. The number of hydrogen-bond donors (Lipinski definition) is 2. The molecule has 1 aliphatic carbocycles. The molecule has 9 nitrogen and oxygen atoms in total. The number of carbonyl (C=O) groups excluding carboxylic acids is 1. The molecule has 0 spiro atoms. The zero-order valence-corrected chi connectivity index (χ0v) is 17.8. The van der Waals surface area contributed by atoms with Gasteiger partial charge < -0.3 is 15.1 Å². The SMILES string of the molecule is CN(C)C(=O)[C@H]1CCCN1c1nc2c(c(Nc3cc(-c4cccnc4)[nH]n3)n1)CCC2. The number of anilines is 3. The van der Waals surface area contributed by atoms with Gasteiger partial charge in [0, 0.05) is 50.2 Å². The molecule has 1 aliphatic heterocycles. The van der Waals surface area contributed by atoms with Crippen LogP contribution in [0.4, 0.5) is 17.6 Å². The van der Waals surface area contributed by atoms with E-state index in [-0.39, 0.29) is 11.9 Å². The van der Waals surface area contributed by atoms with Gasteiger partial charge in [-0.05, 0) is 44.2 Å². The van der Waals surface area contributed by atoms with Gasteiger partial charge in [0.05, 0.1) is 11.4 Å². The molecule has 0 aromatic carbocycles. The summed E-state index contributed by atoms with van der Waals surface area (Å²) in [7, 11) is 3.60. The Hall–Kier alpha value is -3.49. The van der Waals surface area contributed by atoms with Crippen LogP contribution in [0.15, 0.2) is 30.6 Å². The predicted molar refractivity (Wildman–Crippen MR) is 118 cm³/mol. The molecule has 0 unspecified atom stereocenters. The molecule has 9 heteroatoms. The topological polar surface area (TPSA) is 103 Å². The average molecular weight is 419 g/mol. The third kappa shape index (κ3) is 3.71. The summed E-state index contributed by atoms with van der Waals surface area (Å²) in [6, 6.07) is 5.63. The first-order chi connectivity index (χ1) is 15.1. The molecule has 4 heterocycles. The summed E-state index contributed by atoms with van der Waals surface area (Å²) in [4.78, 5) is 30.3. The van der Waals surface area contributed by atoms with Gasteiger partial charge in [0.1, 0.15) is 11.9 Å². The highest BCUT2D eigenvalue weighted by Crippen LogP contribution is 2.33. The summed E-state index contributed by atoms with van der Waals surface area (Å²) in [6.45, 7) is 0.788.